The molecule has 232 valence electrons. The normalized spacial score (nSPS) is 12.5. The molecule has 0 unspecified atom stereocenters. The Bertz CT molecular complexity index is 1130. The number of halogens is 3. The van der Waals surface area contributed by atoms with Gasteiger partial charge in [-0.25, -0.2) is 0 Å². The van der Waals surface area contributed by atoms with Gasteiger partial charge in [0.1, 0.15) is 0 Å². The highest BCUT2D eigenvalue weighted by Gasteiger charge is 2.37. The summed E-state index contributed by atoms with van der Waals surface area (Å²) >= 11 is 0. The first-order valence-electron chi connectivity index (χ1n) is 16.4. The molecule has 1 aromatic heterocycles. The summed E-state index contributed by atoms with van der Waals surface area (Å²) in [7, 11) is 0. The number of fused-ring (bicyclic) bond motifs is 1. The van der Waals surface area contributed by atoms with Gasteiger partial charge in [-0.15, -0.1) is 0 Å². The van der Waals surface area contributed by atoms with Gasteiger partial charge in [0.2, 0.25) is 0 Å². The second kappa shape index (κ2) is 17.8. The number of unbranched alkanes of at least 4 members (excludes halogenated alkanes) is 8. The van der Waals surface area contributed by atoms with Crippen LogP contribution in [0.1, 0.15) is 135 Å². The van der Waals surface area contributed by atoms with Gasteiger partial charge < -0.3 is 9.88 Å². The van der Waals surface area contributed by atoms with Crippen LogP contribution in [0.3, 0.4) is 0 Å². The number of rotatable bonds is 19. The Balaban J connectivity index is 2.29. The van der Waals surface area contributed by atoms with E-state index in [1.807, 2.05) is 26.8 Å². The standard InChI is InChI=1S/C36H57F3N2/c1-8-11-20-30-21-22-33-34(35(30)31(36(37,38)39)26-28(6)27(4)5)29(7)32(10-3)41(33)25-19-17-15-13-14-16-18-24-40-23-12-9-2/h21-22,26,40H,8-20,23-25H2,1-7H3/b31-26+. The average molecular weight is 575 g/mol. The summed E-state index contributed by atoms with van der Waals surface area (Å²) < 4.78 is 46.6. The molecule has 0 atom stereocenters. The van der Waals surface area contributed by atoms with E-state index in [9.17, 15) is 13.2 Å². The summed E-state index contributed by atoms with van der Waals surface area (Å²) in [5, 5.41) is 4.32. The van der Waals surface area contributed by atoms with E-state index in [1.54, 1.807) is 6.92 Å². The Morgan fingerprint density at radius 3 is 2.02 bits per heavy atom. The van der Waals surface area contributed by atoms with E-state index in [0.717, 1.165) is 79.3 Å². The van der Waals surface area contributed by atoms with E-state index in [-0.39, 0.29) is 0 Å². The van der Waals surface area contributed by atoms with Gasteiger partial charge in [0.15, 0.2) is 0 Å². The van der Waals surface area contributed by atoms with Crippen LogP contribution in [0.4, 0.5) is 13.2 Å². The quantitative estimate of drug-likeness (QED) is 0.130. The molecule has 41 heavy (non-hydrogen) atoms. The van der Waals surface area contributed by atoms with Crippen molar-refractivity contribution in [1.29, 1.82) is 0 Å². The first-order valence-corrected chi connectivity index (χ1v) is 16.4. The van der Waals surface area contributed by atoms with Crippen molar-refractivity contribution < 1.29 is 13.2 Å². The maximum Gasteiger partial charge on any atom is 0.417 e. The topological polar surface area (TPSA) is 17.0 Å². The molecule has 0 saturated heterocycles. The highest BCUT2D eigenvalue weighted by Crippen LogP contribution is 2.43. The molecule has 0 amide bonds. The molecule has 1 aromatic carbocycles. The maximum absolute atomic E-state index is 14.7. The fraction of sp³-hybridized carbons (Fsp3) is 0.667. The third kappa shape index (κ3) is 10.3. The zero-order chi connectivity index (χ0) is 30.4. The lowest BCUT2D eigenvalue weighted by Crippen LogP contribution is -2.16. The van der Waals surface area contributed by atoms with E-state index in [0.29, 0.717) is 17.6 Å². The van der Waals surface area contributed by atoms with Gasteiger partial charge in [-0.3, -0.25) is 0 Å². The summed E-state index contributed by atoms with van der Waals surface area (Å²) in [6, 6.07) is 4.06. The number of alkyl halides is 3. The van der Waals surface area contributed by atoms with Crippen LogP contribution in [0, 0.1) is 6.92 Å². The molecule has 0 saturated carbocycles. The molecule has 1 N–H and O–H groups in total. The highest BCUT2D eigenvalue weighted by atomic mass is 19.4. The SMILES string of the molecule is CCCCNCCCCCCCCCn1c(CC)c(C)c2c(/C(=C\C(C)=C(C)C)C(F)(F)F)c(CCCC)ccc21. The van der Waals surface area contributed by atoms with Crippen LogP contribution < -0.4 is 5.32 Å². The number of allylic oxidation sites excluding steroid dienone is 4. The monoisotopic (exact) mass is 574 g/mol. The first kappa shape index (κ1) is 35.2. The molecular weight excluding hydrogens is 517 g/mol. The number of benzene rings is 1. The zero-order valence-electron chi connectivity index (χ0n) is 27.1. The van der Waals surface area contributed by atoms with Gasteiger partial charge in [0.25, 0.3) is 0 Å². The van der Waals surface area contributed by atoms with E-state index < -0.39 is 11.7 Å². The third-order valence-corrected chi connectivity index (χ3v) is 8.50. The van der Waals surface area contributed by atoms with E-state index in [4.69, 9.17) is 0 Å². The van der Waals surface area contributed by atoms with Gasteiger partial charge in [-0.05, 0) is 108 Å². The molecule has 0 aliphatic heterocycles. The summed E-state index contributed by atoms with van der Waals surface area (Å²) in [4.78, 5) is 0. The Labute approximate surface area is 248 Å². The smallest absolute Gasteiger partial charge is 0.344 e. The Morgan fingerprint density at radius 1 is 0.829 bits per heavy atom. The zero-order valence-corrected chi connectivity index (χ0v) is 27.1. The molecule has 0 spiro atoms. The van der Waals surface area contributed by atoms with E-state index >= 15 is 0 Å². The second-order valence-corrected chi connectivity index (χ2v) is 12.0. The number of aromatic nitrogens is 1. The molecule has 0 bridgehead atoms. The second-order valence-electron chi connectivity index (χ2n) is 12.0. The van der Waals surface area contributed by atoms with Crippen LogP contribution in [-0.4, -0.2) is 23.8 Å². The lowest BCUT2D eigenvalue weighted by molar-refractivity contribution is -0.0689. The molecule has 0 radical (unpaired) electrons. The van der Waals surface area contributed by atoms with Crippen molar-refractivity contribution in [1.82, 2.24) is 9.88 Å². The minimum atomic E-state index is -4.43. The van der Waals surface area contributed by atoms with Crippen molar-refractivity contribution in [2.24, 2.45) is 0 Å². The number of aryl methyl sites for hydroxylation is 3. The lowest BCUT2D eigenvalue weighted by Gasteiger charge is -2.19. The molecule has 2 rings (SSSR count). The van der Waals surface area contributed by atoms with Gasteiger partial charge in [0, 0.05) is 23.1 Å². The molecule has 5 heteroatoms. The van der Waals surface area contributed by atoms with Crippen molar-refractivity contribution in [3.63, 3.8) is 0 Å². The summed E-state index contributed by atoms with van der Waals surface area (Å²) in [6.07, 6.45) is 11.3. The van der Waals surface area contributed by atoms with Crippen LogP contribution in [0.25, 0.3) is 16.5 Å². The Kier molecular flexibility index (Phi) is 15.3. The van der Waals surface area contributed by atoms with Gasteiger partial charge in [0.05, 0.1) is 5.57 Å². The molecule has 2 aromatic rings. The van der Waals surface area contributed by atoms with Crippen LogP contribution in [0.5, 0.6) is 0 Å². The summed E-state index contributed by atoms with van der Waals surface area (Å²) in [6.45, 7) is 17.1. The number of nitrogens with one attached hydrogen (secondary N) is 1. The number of nitrogens with zero attached hydrogens (tertiary/aromatic N) is 1. The van der Waals surface area contributed by atoms with Crippen LogP contribution in [-0.2, 0) is 19.4 Å². The Morgan fingerprint density at radius 2 is 1.44 bits per heavy atom. The van der Waals surface area contributed by atoms with Crippen molar-refractivity contribution in [2.45, 2.75) is 145 Å². The molecule has 0 aliphatic carbocycles. The highest BCUT2D eigenvalue weighted by molar-refractivity contribution is 5.99. The van der Waals surface area contributed by atoms with Crippen molar-refractivity contribution in [3.05, 3.63) is 51.7 Å². The molecule has 0 fully saturated rings. The van der Waals surface area contributed by atoms with E-state index in [2.05, 4.69) is 36.7 Å². The Hall–Kier alpha value is -2.01. The van der Waals surface area contributed by atoms with Crippen LogP contribution in [0.2, 0.25) is 0 Å². The van der Waals surface area contributed by atoms with E-state index in [1.165, 1.54) is 56.7 Å². The van der Waals surface area contributed by atoms with Crippen LogP contribution in [0.15, 0.2) is 29.4 Å². The van der Waals surface area contributed by atoms with Gasteiger partial charge in [-0.1, -0.05) is 82.9 Å². The maximum atomic E-state index is 14.7. The van der Waals surface area contributed by atoms with Crippen LogP contribution >= 0.6 is 0 Å². The van der Waals surface area contributed by atoms with Crippen molar-refractivity contribution in [2.75, 3.05) is 13.1 Å². The molecular formula is C36H57F3N2. The molecule has 1 heterocycles. The summed E-state index contributed by atoms with van der Waals surface area (Å²) in [5.41, 5.74) is 5.43. The number of hydrogen-bond acceptors (Lipinski definition) is 1. The predicted octanol–water partition coefficient (Wildman–Crippen LogP) is 11.3. The van der Waals surface area contributed by atoms with Gasteiger partial charge in [-0.2, -0.15) is 13.2 Å². The third-order valence-electron chi connectivity index (χ3n) is 8.50. The lowest BCUT2D eigenvalue weighted by atomic mass is 9.89. The van der Waals surface area contributed by atoms with Crippen molar-refractivity contribution in [3.8, 4) is 0 Å². The molecule has 2 nitrogen and oxygen atoms in total. The minimum Gasteiger partial charge on any atom is -0.344 e. The minimum absolute atomic E-state index is 0.402. The van der Waals surface area contributed by atoms with Gasteiger partial charge >= 0.3 is 6.18 Å². The fourth-order valence-corrected chi connectivity index (χ4v) is 5.81. The number of hydrogen-bond donors (Lipinski definition) is 1. The molecule has 0 aliphatic rings. The predicted molar refractivity (Wildman–Crippen MR) is 173 cm³/mol. The summed E-state index contributed by atoms with van der Waals surface area (Å²) in [5.74, 6) is 0. The first-order chi connectivity index (χ1) is 19.6. The largest absolute Gasteiger partial charge is 0.417 e. The fourth-order valence-electron chi connectivity index (χ4n) is 5.81. The van der Waals surface area contributed by atoms with Crippen molar-refractivity contribution >= 4 is 16.5 Å². The average Bonchev–Trinajstić information content (AvgIpc) is 3.20.